The van der Waals surface area contributed by atoms with Gasteiger partial charge in [-0.3, -0.25) is 10.1 Å². The summed E-state index contributed by atoms with van der Waals surface area (Å²) in [7, 11) is 0. The number of alkyl halides is 1. The van der Waals surface area contributed by atoms with Crippen LogP contribution in [-0.2, 0) is 4.79 Å². The van der Waals surface area contributed by atoms with Crippen molar-refractivity contribution in [3.05, 3.63) is 0 Å². The number of nitrogens with one attached hydrogen (secondary N) is 2. The molecule has 2 unspecified atom stereocenters. The second kappa shape index (κ2) is 2.54. The molecular formula is C5H9ClN2O. The van der Waals surface area contributed by atoms with Crippen molar-refractivity contribution in [3.8, 4) is 0 Å². The van der Waals surface area contributed by atoms with Gasteiger partial charge in [0.2, 0.25) is 5.91 Å². The Morgan fingerprint density at radius 2 is 2.44 bits per heavy atom. The van der Waals surface area contributed by atoms with Crippen LogP contribution in [0.15, 0.2) is 0 Å². The first-order chi connectivity index (χ1) is 4.18. The maximum atomic E-state index is 10.6. The molecule has 2 atom stereocenters. The van der Waals surface area contributed by atoms with E-state index < -0.39 is 0 Å². The molecule has 1 aliphatic rings. The second-order valence-electron chi connectivity index (χ2n) is 2.13. The zero-order valence-electron chi connectivity index (χ0n) is 5.15. The topological polar surface area (TPSA) is 41.1 Å². The predicted molar refractivity (Wildman–Crippen MR) is 35.0 cm³/mol. The lowest BCUT2D eigenvalue weighted by atomic mass is 10.3. The standard InChI is InChI=1S/C5H9ClN2O/c1-3-7-4(6)2-5(9)8-3/h3-4,7H,2H2,1H3,(H,8,9). The maximum Gasteiger partial charge on any atom is 0.224 e. The van der Waals surface area contributed by atoms with Gasteiger partial charge in [0, 0.05) is 0 Å². The monoisotopic (exact) mass is 148 g/mol. The van der Waals surface area contributed by atoms with E-state index >= 15 is 0 Å². The molecular weight excluding hydrogens is 140 g/mol. The molecule has 0 aliphatic carbocycles. The summed E-state index contributed by atoms with van der Waals surface area (Å²) in [6.07, 6.45) is 0.375. The number of amides is 1. The van der Waals surface area contributed by atoms with Crippen molar-refractivity contribution in [3.63, 3.8) is 0 Å². The van der Waals surface area contributed by atoms with E-state index in [2.05, 4.69) is 10.6 Å². The molecule has 52 valence electrons. The molecule has 0 saturated carbocycles. The van der Waals surface area contributed by atoms with Gasteiger partial charge < -0.3 is 5.32 Å². The molecule has 1 heterocycles. The van der Waals surface area contributed by atoms with Gasteiger partial charge in [0.1, 0.15) is 0 Å². The van der Waals surface area contributed by atoms with E-state index in [9.17, 15) is 4.79 Å². The highest BCUT2D eigenvalue weighted by Crippen LogP contribution is 2.03. The first-order valence-electron chi connectivity index (χ1n) is 2.88. The van der Waals surface area contributed by atoms with Crippen molar-refractivity contribution in [2.24, 2.45) is 0 Å². The van der Waals surface area contributed by atoms with Gasteiger partial charge in [0.15, 0.2) is 0 Å². The molecule has 1 rings (SSSR count). The van der Waals surface area contributed by atoms with Crippen LogP contribution in [0.2, 0.25) is 0 Å². The van der Waals surface area contributed by atoms with Gasteiger partial charge in [-0.25, -0.2) is 0 Å². The highest BCUT2D eigenvalue weighted by Gasteiger charge is 2.19. The van der Waals surface area contributed by atoms with E-state index in [1.165, 1.54) is 0 Å². The summed E-state index contributed by atoms with van der Waals surface area (Å²) in [6, 6.07) is 0. The van der Waals surface area contributed by atoms with Gasteiger partial charge in [-0.1, -0.05) is 0 Å². The Morgan fingerprint density at radius 1 is 1.78 bits per heavy atom. The molecule has 0 spiro atoms. The van der Waals surface area contributed by atoms with Gasteiger partial charge >= 0.3 is 0 Å². The van der Waals surface area contributed by atoms with E-state index in [0.717, 1.165) is 0 Å². The Balaban J connectivity index is 2.43. The van der Waals surface area contributed by atoms with E-state index in [1.54, 1.807) is 0 Å². The van der Waals surface area contributed by atoms with Gasteiger partial charge in [0.05, 0.1) is 18.1 Å². The van der Waals surface area contributed by atoms with Crippen molar-refractivity contribution in [2.45, 2.75) is 25.0 Å². The highest BCUT2D eigenvalue weighted by atomic mass is 35.5. The summed E-state index contributed by atoms with van der Waals surface area (Å²) in [5.74, 6) is 0.0150. The van der Waals surface area contributed by atoms with Crippen molar-refractivity contribution >= 4 is 17.5 Å². The summed E-state index contributed by atoms with van der Waals surface area (Å²) in [5, 5.41) is 5.62. The number of carbonyl (C=O) groups excluding carboxylic acids is 1. The Morgan fingerprint density at radius 3 is 2.89 bits per heavy atom. The Hall–Kier alpha value is -0.280. The molecule has 2 N–H and O–H groups in total. The lowest BCUT2D eigenvalue weighted by Gasteiger charge is -2.24. The van der Waals surface area contributed by atoms with Gasteiger partial charge in [-0.2, -0.15) is 0 Å². The predicted octanol–water partition coefficient (Wildman–Crippen LogP) is 0.00680. The molecule has 1 fully saturated rings. The van der Waals surface area contributed by atoms with Crippen LogP contribution in [0.3, 0.4) is 0 Å². The van der Waals surface area contributed by atoms with Crippen LogP contribution in [0.1, 0.15) is 13.3 Å². The number of carbonyl (C=O) groups is 1. The van der Waals surface area contributed by atoms with Crippen LogP contribution in [0.5, 0.6) is 0 Å². The Bertz CT molecular complexity index is 116. The summed E-state index contributed by atoms with van der Waals surface area (Å²) in [6.45, 7) is 1.85. The van der Waals surface area contributed by atoms with Crippen LogP contribution >= 0.6 is 11.6 Å². The van der Waals surface area contributed by atoms with Crippen LogP contribution < -0.4 is 10.6 Å². The first kappa shape index (κ1) is 6.83. The fourth-order valence-electron chi connectivity index (χ4n) is 0.835. The lowest BCUT2D eigenvalue weighted by molar-refractivity contribution is -0.123. The minimum Gasteiger partial charge on any atom is -0.341 e. The van der Waals surface area contributed by atoms with Gasteiger partial charge in [-0.05, 0) is 6.92 Å². The summed E-state index contributed by atoms with van der Waals surface area (Å²) < 4.78 is 0. The van der Waals surface area contributed by atoms with Crippen molar-refractivity contribution in [1.82, 2.24) is 10.6 Å². The third-order valence-corrected chi connectivity index (χ3v) is 1.45. The van der Waals surface area contributed by atoms with E-state index in [0.29, 0.717) is 6.42 Å². The van der Waals surface area contributed by atoms with E-state index in [-0.39, 0.29) is 17.6 Å². The largest absolute Gasteiger partial charge is 0.341 e. The maximum absolute atomic E-state index is 10.6. The smallest absolute Gasteiger partial charge is 0.224 e. The number of hydrogen-bond acceptors (Lipinski definition) is 2. The molecule has 0 radical (unpaired) electrons. The van der Waals surface area contributed by atoms with Crippen LogP contribution in [0.25, 0.3) is 0 Å². The van der Waals surface area contributed by atoms with E-state index in [4.69, 9.17) is 11.6 Å². The SMILES string of the molecule is CC1NC(=O)CC(Cl)N1. The highest BCUT2D eigenvalue weighted by molar-refractivity contribution is 6.21. The molecule has 4 heteroatoms. The molecule has 3 nitrogen and oxygen atoms in total. The molecule has 0 aromatic rings. The van der Waals surface area contributed by atoms with Crippen LogP contribution in [-0.4, -0.2) is 17.6 Å². The van der Waals surface area contributed by atoms with Gasteiger partial charge in [-0.15, -0.1) is 11.6 Å². The molecule has 1 aliphatic heterocycles. The number of halogens is 1. The van der Waals surface area contributed by atoms with Gasteiger partial charge in [0.25, 0.3) is 0 Å². The Kier molecular flexibility index (Phi) is 1.93. The van der Waals surface area contributed by atoms with Crippen molar-refractivity contribution in [2.75, 3.05) is 0 Å². The average Bonchev–Trinajstić information content (AvgIpc) is 1.59. The van der Waals surface area contributed by atoms with Crippen LogP contribution in [0, 0.1) is 0 Å². The fourth-order valence-corrected chi connectivity index (χ4v) is 1.16. The fraction of sp³-hybridized carbons (Fsp3) is 0.800. The van der Waals surface area contributed by atoms with Crippen molar-refractivity contribution in [1.29, 1.82) is 0 Å². The lowest BCUT2D eigenvalue weighted by Crippen LogP contribution is -2.52. The minimum atomic E-state index is -0.200. The number of rotatable bonds is 0. The molecule has 0 aromatic carbocycles. The van der Waals surface area contributed by atoms with Crippen molar-refractivity contribution < 1.29 is 4.79 Å². The molecule has 1 amide bonds. The van der Waals surface area contributed by atoms with Crippen LogP contribution in [0.4, 0.5) is 0 Å². The normalized spacial score (nSPS) is 36.0. The quantitative estimate of drug-likeness (QED) is 0.375. The molecule has 1 saturated heterocycles. The molecule has 9 heavy (non-hydrogen) atoms. The third-order valence-electron chi connectivity index (χ3n) is 1.17. The Labute approximate surface area is 58.8 Å². The number of hydrogen-bond donors (Lipinski definition) is 2. The second-order valence-corrected chi connectivity index (χ2v) is 2.65. The van der Waals surface area contributed by atoms with E-state index in [1.807, 2.05) is 6.92 Å². The minimum absolute atomic E-state index is 0.00810. The third kappa shape index (κ3) is 1.84. The zero-order chi connectivity index (χ0) is 6.85. The molecule has 0 aromatic heterocycles. The summed E-state index contributed by atoms with van der Waals surface area (Å²) in [5.41, 5.74) is -0.200. The zero-order valence-corrected chi connectivity index (χ0v) is 5.90. The summed E-state index contributed by atoms with van der Waals surface area (Å²) in [4.78, 5) is 10.6. The summed E-state index contributed by atoms with van der Waals surface area (Å²) >= 11 is 5.63. The molecule has 0 bridgehead atoms. The average molecular weight is 149 g/mol. The first-order valence-corrected chi connectivity index (χ1v) is 3.31.